The number of carbonyl (C=O) groups excluding carboxylic acids is 1. The third-order valence-corrected chi connectivity index (χ3v) is 10.6. The number of piperazine rings is 1. The molecule has 3 aromatic rings. The zero-order valence-electron chi connectivity index (χ0n) is 25.8. The first kappa shape index (κ1) is 34.2. The van der Waals surface area contributed by atoms with Gasteiger partial charge in [-0.2, -0.15) is 0 Å². The molecular weight excluding hydrogens is 671 g/mol. The number of benzene rings is 3. The van der Waals surface area contributed by atoms with Crippen molar-refractivity contribution in [3.05, 3.63) is 93.5 Å². The number of halogens is 2. The Morgan fingerprint density at radius 1 is 0.870 bits per heavy atom. The number of hydrogen-bond acceptors (Lipinski definition) is 8. The summed E-state index contributed by atoms with van der Waals surface area (Å²) in [5.74, 6) is 0.712. The minimum Gasteiger partial charge on any atom is -0.493 e. The molecule has 0 radical (unpaired) electrons. The predicted molar refractivity (Wildman–Crippen MR) is 181 cm³/mol. The van der Waals surface area contributed by atoms with Crippen molar-refractivity contribution >= 4 is 54.7 Å². The number of ether oxygens (including phenoxy) is 1. The molecule has 46 heavy (non-hydrogen) atoms. The summed E-state index contributed by atoms with van der Waals surface area (Å²) in [7, 11) is -6.73. The lowest BCUT2D eigenvalue weighted by Crippen LogP contribution is -2.54. The maximum Gasteiger partial charge on any atom is 0.326 e. The Balaban J connectivity index is 1.63. The summed E-state index contributed by atoms with van der Waals surface area (Å²) in [6, 6.07) is 17.5. The summed E-state index contributed by atoms with van der Waals surface area (Å²) < 4.78 is 54.8. The van der Waals surface area contributed by atoms with Gasteiger partial charge in [-0.1, -0.05) is 47.5 Å². The van der Waals surface area contributed by atoms with Gasteiger partial charge in [0.25, 0.3) is 0 Å². The molecule has 2 atom stereocenters. The van der Waals surface area contributed by atoms with Crippen LogP contribution in [-0.2, 0) is 19.7 Å². The zero-order chi connectivity index (χ0) is 33.2. The summed E-state index contributed by atoms with van der Waals surface area (Å²) in [6.45, 7) is 4.26. The van der Waals surface area contributed by atoms with Crippen LogP contribution in [0, 0.1) is 0 Å². The van der Waals surface area contributed by atoms with Crippen molar-refractivity contribution in [1.82, 2.24) is 14.7 Å². The van der Waals surface area contributed by atoms with Crippen molar-refractivity contribution < 1.29 is 26.4 Å². The summed E-state index contributed by atoms with van der Waals surface area (Å²) in [5.41, 5.74) is 1.96. The molecule has 5 rings (SSSR count). The van der Waals surface area contributed by atoms with Crippen molar-refractivity contribution in [2.24, 2.45) is 4.99 Å². The molecule has 0 N–H and O–H groups in total. The van der Waals surface area contributed by atoms with E-state index in [-0.39, 0.29) is 22.5 Å². The highest BCUT2D eigenvalue weighted by Gasteiger charge is 2.45. The van der Waals surface area contributed by atoms with Gasteiger partial charge in [-0.25, -0.2) is 21.6 Å². The van der Waals surface area contributed by atoms with Crippen LogP contribution in [0.2, 0.25) is 10.0 Å². The second-order valence-corrected chi connectivity index (χ2v) is 16.6. The largest absolute Gasteiger partial charge is 0.493 e. The molecule has 14 heteroatoms. The van der Waals surface area contributed by atoms with E-state index in [1.807, 2.05) is 36.1 Å². The standard InChI is InChI=1S/C32H36Cl2N4O6S2/c1-4-44-28-14-13-26(46(3,42)43)21-27(28)31-35-29(22-5-9-24(33)10-6-22)30(23-7-11-25(34)12-8-23)38(31)32(39)37-17-15-36(16-18-37)19-20-45(2,40)41/h5-14,21,29-30H,4,15-20H2,1-3H3. The number of carbonyl (C=O) groups is 1. The summed E-state index contributed by atoms with van der Waals surface area (Å²) in [6.07, 6.45) is 2.34. The highest BCUT2D eigenvalue weighted by molar-refractivity contribution is 7.91. The highest BCUT2D eigenvalue weighted by Crippen LogP contribution is 2.45. The Labute approximate surface area is 280 Å². The van der Waals surface area contributed by atoms with Gasteiger partial charge in [-0.3, -0.25) is 14.8 Å². The SMILES string of the molecule is CCOc1ccc(S(C)(=O)=O)cc1C1=NC(c2ccc(Cl)cc2)C(c2ccc(Cl)cc2)N1C(=O)N1CCN(CCS(C)(=O)=O)CC1. The van der Waals surface area contributed by atoms with Crippen LogP contribution in [0.5, 0.6) is 5.75 Å². The van der Waals surface area contributed by atoms with E-state index in [0.717, 1.165) is 17.4 Å². The van der Waals surface area contributed by atoms with E-state index < -0.39 is 31.8 Å². The van der Waals surface area contributed by atoms with Gasteiger partial charge < -0.3 is 9.64 Å². The van der Waals surface area contributed by atoms with E-state index in [1.165, 1.54) is 18.4 Å². The number of nitrogens with zero attached hydrogens (tertiary/aromatic N) is 4. The number of aliphatic imine (C=N–C) groups is 1. The van der Waals surface area contributed by atoms with Crippen LogP contribution in [0.1, 0.15) is 35.7 Å². The number of urea groups is 1. The molecular formula is C32H36Cl2N4O6S2. The van der Waals surface area contributed by atoms with Gasteiger partial charge in [0.05, 0.1) is 28.9 Å². The second kappa shape index (κ2) is 13.9. The second-order valence-electron chi connectivity index (χ2n) is 11.4. The zero-order valence-corrected chi connectivity index (χ0v) is 28.9. The molecule has 3 aromatic carbocycles. The van der Waals surface area contributed by atoms with Crippen molar-refractivity contribution in [3.63, 3.8) is 0 Å². The van der Waals surface area contributed by atoms with Gasteiger partial charge in [-0.15, -0.1) is 0 Å². The van der Waals surface area contributed by atoms with Gasteiger partial charge >= 0.3 is 6.03 Å². The molecule has 2 aliphatic heterocycles. The molecule has 1 saturated heterocycles. The van der Waals surface area contributed by atoms with Gasteiger partial charge in [0.15, 0.2) is 9.84 Å². The van der Waals surface area contributed by atoms with Crippen LogP contribution in [0.25, 0.3) is 0 Å². The first-order chi connectivity index (χ1) is 21.7. The molecule has 0 saturated carbocycles. The Morgan fingerprint density at radius 2 is 1.46 bits per heavy atom. The maximum absolute atomic E-state index is 14.7. The Morgan fingerprint density at radius 3 is 2.00 bits per heavy atom. The third-order valence-electron chi connectivity index (χ3n) is 8.04. The number of rotatable bonds is 9. The minimum absolute atomic E-state index is 0.0438. The normalized spacial score (nSPS) is 19.3. The number of amidine groups is 1. The fourth-order valence-electron chi connectivity index (χ4n) is 5.66. The lowest BCUT2D eigenvalue weighted by molar-refractivity contribution is 0.122. The fourth-order valence-corrected chi connectivity index (χ4v) is 7.15. The molecule has 2 amide bonds. The van der Waals surface area contributed by atoms with Crippen molar-refractivity contribution in [3.8, 4) is 5.75 Å². The highest BCUT2D eigenvalue weighted by atomic mass is 35.5. The van der Waals surface area contributed by atoms with Crippen LogP contribution in [0.15, 0.2) is 76.6 Å². The summed E-state index contributed by atoms with van der Waals surface area (Å²) in [4.78, 5) is 25.3. The average molecular weight is 708 g/mol. The summed E-state index contributed by atoms with van der Waals surface area (Å²) in [5, 5.41) is 1.09. The molecule has 0 aliphatic carbocycles. The van der Waals surface area contributed by atoms with Crippen LogP contribution < -0.4 is 4.74 Å². The van der Waals surface area contributed by atoms with Gasteiger partial charge in [-0.05, 0) is 60.5 Å². The minimum atomic E-state index is -3.61. The monoisotopic (exact) mass is 706 g/mol. The van der Waals surface area contributed by atoms with Gasteiger partial charge in [0.2, 0.25) is 0 Å². The van der Waals surface area contributed by atoms with Gasteiger partial charge in [0, 0.05) is 55.3 Å². The molecule has 0 aromatic heterocycles. The van der Waals surface area contributed by atoms with Crippen LogP contribution >= 0.6 is 23.2 Å². The molecule has 10 nitrogen and oxygen atoms in total. The first-order valence-corrected chi connectivity index (χ1v) is 19.5. The van der Waals surface area contributed by atoms with Crippen LogP contribution in [-0.4, -0.2) is 101 Å². The molecule has 2 unspecified atom stereocenters. The lowest BCUT2D eigenvalue weighted by Gasteiger charge is -2.39. The third kappa shape index (κ3) is 7.86. The van der Waals surface area contributed by atoms with E-state index in [0.29, 0.717) is 60.7 Å². The van der Waals surface area contributed by atoms with Gasteiger partial charge in [0.1, 0.15) is 27.5 Å². The van der Waals surface area contributed by atoms with Crippen molar-refractivity contribution in [1.29, 1.82) is 0 Å². The average Bonchev–Trinajstić information content (AvgIpc) is 3.40. The van der Waals surface area contributed by atoms with E-state index in [9.17, 15) is 21.6 Å². The maximum atomic E-state index is 14.7. The molecule has 0 bridgehead atoms. The molecule has 2 aliphatic rings. The Hall–Kier alpha value is -3.16. The Bertz CT molecular complexity index is 1830. The van der Waals surface area contributed by atoms with Crippen LogP contribution in [0.4, 0.5) is 4.79 Å². The lowest BCUT2D eigenvalue weighted by atomic mass is 9.93. The number of hydrogen-bond donors (Lipinski definition) is 0. The molecule has 2 heterocycles. The predicted octanol–water partition coefficient (Wildman–Crippen LogP) is 5.12. The van der Waals surface area contributed by atoms with Crippen LogP contribution in [0.3, 0.4) is 0 Å². The first-order valence-electron chi connectivity index (χ1n) is 14.8. The van der Waals surface area contributed by atoms with Crippen molar-refractivity contribution in [2.45, 2.75) is 23.9 Å². The molecule has 246 valence electrons. The smallest absolute Gasteiger partial charge is 0.326 e. The Kier molecular flexibility index (Phi) is 10.3. The van der Waals surface area contributed by atoms with E-state index in [2.05, 4.69) is 0 Å². The topological polar surface area (TPSA) is 117 Å². The number of amides is 2. The number of sulfone groups is 2. The van der Waals surface area contributed by atoms with E-state index >= 15 is 0 Å². The van der Waals surface area contributed by atoms with Crippen molar-refractivity contribution in [2.75, 3.05) is 57.6 Å². The van der Waals surface area contributed by atoms with E-state index in [1.54, 1.807) is 40.1 Å². The molecule has 0 spiro atoms. The summed E-state index contributed by atoms with van der Waals surface area (Å²) >= 11 is 12.5. The molecule has 1 fully saturated rings. The fraction of sp³-hybridized carbons (Fsp3) is 0.375. The van der Waals surface area contributed by atoms with E-state index in [4.69, 9.17) is 32.9 Å². The quantitative estimate of drug-likeness (QED) is 0.303.